The van der Waals surface area contributed by atoms with E-state index in [9.17, 15) is 4.79 Å². The zero-order chi connectivity index (χ0) is 11.5. The summed E-state index contributed by atoms with van der Waals surface area (Å²) >= 11 is 0. The summed E-state index contributed by atoms with van der Waals surface area (Å²) in [6, 6.07) is 0.0610. The molecule has 16 heavy (non-hydrogen) atoms. The number of ether oxygens (including phenoxy) is 1. The van der Waals surface area contributed by atoms with Crippen LogP contribution in [0.2, 0.25) is 0 Å². The van der Waals surface area contributed by atoms with Crippen molar-refractivity contribution in [2.24, 2.45) is 5.92 Å². The van der Waals surface area contributed by atoms with Crippen molar-refractivity contribution >= 4 is 5.91 Å². The van der Waals surface area contributed by atoms with Gasteiger partial charge in [-0.05, 0) is 31.7 Å². The largest absolute Gasteiger partial charge is 0.379 e. The number of nitrogens with zero attached hydrogens (tertiary/aromatic N) is 1. The molecule has 0 aliphatic carbocycles. The summed E-state index contributed by atoms with van der Waals surface area (Å²) in [7, 11) is 1.74. The van der Waals surface area contributed by atoms with Crippen LogP contribution < -0.4 is 5.32 Å². The van der Waals surface area contributed by atoms with Crippen LogP contribution in [0.4, 0.5) is 0 Å². The predicted octanol–water partition coefficient (Wildman–Crippen LogP) is 0.622. The number of carbonyl (C=O) groups excluding carboxylic acids is 1. The van der Waals surface area contributed by atoms with Crippen molar-refractivity contribution in [3.63, 3.8) is 0 Å². The van der Waals surface area contributed by atoms with Crippen molar-refractivity contribution in [1.82, 2.24) is 10.2 Å². The van der Waals surface area contributed by atoms with E-state index < -0.39 is 0 Å². The number of methoxy groups -OCH3 is 1. The third-order valence-electron chi connectivity index (χ3n) is 3.86. The quantitative estimate of drug-likeness (QED) is 0.750. The van der Waals surface area contributed by atoms with E-state index in [-0.39, 0.29) is 18.1 Å². The molecule has 2 aliphatic rings. The fourth-order valence-corrected chi connectivity index (χ4v) is 2.66. The van der Waals surface area contributed by atoms with Crippen LogP contribution in [-0.2, 0) is 9.53 Å². The highest BCUT2D eigenvalue weighted by Gasteiger charge is 2.33. The van der Waals surface area contributed by atoms with Gasteiger partial charge in [0.1, 0.15) is 0 Å². The van der Waals surface area contributed by atoms with Crippen molar-refractivity contribution in [1.29, 1.82) is 0 Å². The van der Waals surface area contributed by atoms with Gasteiger partial charge in [0.15, 0.2) is 0 Å². The minimum Gasteiger partial charge on any atom is -0.379 e. The lowest BCUT2D eigenvalue weighted by Crippen LogP contribution is -2.51. The van der Waals surface area contributed by atoms with Gasteiger partial charge in [-0.3, -0.25) is 4.79 Å². The van der Waals surface area contributed by atoms with Gasteiger partial charge in [0.05, 0.1) is 12.1 Å². The summed E-state index contributed by atoms with van der Waals surface area (Å²) < 4.78 is 5.43. The molecule has 1 amide bonds. The van der Waals surface area contributed by atoms with E-state index in [4.69, 9.17) is 4.74 Å². The monoisotopic (exact) mass is 226 g/mol. The minimum atomic E-state index is 0.0610. The zero-order valence-electron chi connectivity index (χ0n) is 10.2. The van der Waals surface area contributed by atoms with Crippen LogP contribution in [0, 0.1) is 5.92 Å². The highest BCUT2D eigenvalue weighted by Crippen LogP contribution is 2.21. The molecule has 92 valence electrons. The van der Waals surface area contributed by atoms with Crippen LogP contribution >= 0.6 is 0 Å². The van der Waals surface area contributed by atoms with Crippen molar-refractivity contribution in [3.8, 4) is 0 Å². The summed E-state index contributed by atoms with van der Waals surface area (Å²) in [6.45, 7) is 4.82. The van der Waals surface area contributed by atoms with Crippen molar-refractivity contribution in [2.75, 3.05) is 26.7 Å². The molecule has 2 fully saturated rings. The standard InChI is InChI=1S/C12H22N2O2/c1-9-5-7-14(8-11(9)16-2)12(15)10-4-3-6-13-10/h9-11,13H,3-8H2,1-2H3/t9?,10-,11?/m0/s1. The van der Waals surface area contributed by atoms with Crippen LogP contribution in [0.3, 0.4) is 0 Å². The Balaban J connectivity index is 1.91. The average Bonchev–Trinajstić information content (AvgIpc) is 2.82. The van der Waals surface area contributed by atoms with E-state index in [0.29, 0.717) is 5.92 Å². The third kappa shape index (κ3) is 2.38. The maximum absolute atomic E-state index is 12.2. The Kier molecular flexibility index (Phi) is 3.82. The molecule has 0 aromatic carbocycles. The Morgan fingerprint density at radius 3 is 2.88 bits per heavy atom. The van der Waals surface area contributed by atoms with E-state index in [0.717, 1.165) is 38.9 Å². The number of carbonyl (C=O) groups is 1. The first-order valence-corrected chi connectivity index (χ1v) is 6.27. The van der Waals surface area contributed by atoms with Gasteiger partial charge in [-0.2, -0.15) is 0 Å². The summed E-state index contributed by atoms with van der Waals surface area (Å²) in [5.41, 5.74) is 0. The van der Waals surface area contributed by atoms with Crippen LogP contribution in [0.5, 0.6) is 0 Å². The van der Waals surface area contributed by atoms with E-state index in [2.05, 4.69) is 12.2 Å². The molecule has 4 heteroatoms. The number of rotatable bonds is 2. The summed E-state index contributed by atoms with van der Waals surface area (Å²) in [4.78, 5) is 14.1. The van der Waals surface area contributed by atoms with Crippen molar-refractivity contribution in [3.05, 3.63) is 0 Å². The highest BCUT2D eigenvalue weighted by atomic mass is 16.5. The molecule has 2 unspecified atom stereocenters. The molecule has 2 aliphatic heterocycles. The minimum absolute atomic E-state index is 0.0610. The molecule has 0 aromatic heterocycles. The third-order valence-corrected chi connectivity index (χ3v) is 3.86. The number of likely N-dealkylation sites (tertiary alicyclic amines) is 1. The van der Waals surface area contributed by atoms with Gasteiger partial charge in [0, 0.05) is 20.2 Å². The fraction of sp³-hybridized carbons (Fsp3) is 0.917. The summed E-state index contributed by atoms with van der Waals surface area (Å²) in [5.74, 6) is 0.831. The van der Waals surface area contributed by atoms with E-state index >= 15 is 0 Å². The van der Waals surface area contributed by atoms with Gasteiger partial charge in [0.25, 0.3) is 0 Å². The normalized spacial score (nSPS) is 35.4. The van der Waals surface area contributed by atoms with Crippen LogP contribution in [0.25, 0.3) is 0 Å². The number of amides is 1. The Morgan fingerprint density at radius 2 is 2.25 bits per heavy atom. The maximum Gasteiger partial charge on any atom is 0.239 e. The number of nitrogens with one attached hydrogen (secondary N) is 1. The molecule has 4 nitrogen and oxygen atoms in total. The fourth-order valence-electron chi connectivity index (χ4n) is 2.66. The number of hydrogen-bond donors (Lipinski definition) is 1. The van der Waals surface area contributed by atoms with Gasteiger partial charge < -0.3 is 15.0 Å². The molecular weight excluding hydrogens is 204 g/mol. The molecular formula is C12H22N2O2. The van der Waals surface area contributed by atoms with Gasteiger partial charge >= 0.3 is 0 Å². The van der Waals surface area contributed by atoms with E-state index in [1.165, 1.54) is 0 Å². The molecule has 3 atom stereocenters. The number of hydrogen-bond acceptors (Lipinski definition) is 3. The molecule has 2 heterocycles. The molecule has 1 N–H and O–H groups in total. The second-order valence-electron chi connectivity index (χ2n) is 4.97. The Labute approximate surface area is 97.3 Å². The molecule has 0 bridgehead atoms. The molecule has 0 spiro atoms. The highest BCUT2D eigenvalue weighted by molar-refractivity contribution is 5.82. The Morgan fingerprint density at radius 1 is 1.44 bits per heavy atom. The Hall–Kier alpha value is -0.610. The lowest BCUT2D eigenvalue weighted by atomic mass is 9.95. The van der Waals surface area contributed by atoms with E-state index in [1.54, 1.807) is 7.11 Å². The average molecular weight is 226 g/mol. The van der Waals surface area contributed by atoms with Crippen LogP contribution in [-0.4, -0.2) is 49.7 Å². The second-order valence-corrected chi connectivity index (χ2v) is 4.97. The van der Waals surface area contributed by atoms with Gasteiger partial charge in [-0.15, -0.1) is 0 Å². The van der Waals surface area contributed by atoms with Crippen LogP contribution in [0.15, 0.2) is 0 Å². The summed E-state index contributed by atoms with van der Waals surface area (Å²) in [5, 5.41) is 3.27. The smallest absolute Gasteiger partial charge is 0.239 e. The van der Waals surface area contributed by atoms with Crippen LogP contribution in [0.1, 0.15) is 26.2 Å². The molecule has 0 aromatic rings. The summed E-state index contributed by atoms with van der Waals surface area (Å²) in [6.07, 6.45) is 3.37. The molecule has 0 radical (unpaired) electrons. The lowest BCUT2D eigenvalue weighted by Gasteiger charge is -2.37. The van der Waals surface area contributed by atoms with Gasteiger partial charge in [0.2, 0.25) is 5.91 Å². The van der Waals surface area contributed by atoms with Gasteiger partial charge in [-0.25, -0.2) is 0 Å². The van der Waals surface area contributed by atoms with E-state index in [1.807, 2.05) is 4.90 Å². The Bertz CT molecular complexity index is 251. The first-order chi connectivity index (χ1) is 7.72. The maximum atomic E-state index is 12.2. The lowest BCUT2D eigenvalue weighted by molar-refractivity contribution is -0.138. The molecule has 0 saturated carbocycles. The molecule has 2 rings (SSSR count). The first kappa shape index (κ1) is 11.9. The molecule has 2 saturated heterocycles. The van der Waals surface area contributed by atoms with Gasteiger partial charge in [-0.1, -0.05) is 6.92 Å². The first-order valence-electron chi connectivity index (χ1n) is 6.27. The number of piperidine rings is 1. The van der Waals surface area contributed by atoms with Crippen molar-refractivity contribution < 1.29 is 9.53 Å². The zero-order valence-corrected chi connectivity index (χ0v) is 10.2. The predicted molar refractivity (Wildman–Crippen MR) is 62.2 cm³/mol. The SMILES string of the molecule is COC1CN(C(=O)[C@@H]2CCCN2)CCC1C. The van der Waals surface area contributed by atoms with Crippen molar-refractivity contribution in [2.45, 2.75) is 38.3 Å². The second kappa shape index (κ2) is 5.15. The topological polar surface area (TPSA) is 41.6 Å².